The average Bonchev–Trinajstić information content (AvgIpc) is 3.54. The maximum Gasteiger partial charge on any atom is 0.416 e. The van der Waals surface area contributed by atoms with Crippen molar-refractivity contribution >= 4 is 29.2 Å². The van der Waals surface area contributed by atoms with Crippen LogP contribution in [0, 0.1) is 17.8 Å². The second-order valence-electron chi connectivity index (χ2n) is 11.9. The molecule has 0 saturated carbocycles. The first-order valence-corrected chi connectivity index (χ1v) is 14.8. The first kappa shape index (κ1) is 31.6. The number of benzene rings is 3. The number of hydrogen-bond acceptors (Lipinski definition) is 4. The minimum absolute atomic E-state index is 0.0272. The Labute approximate surface area is 260 Å². The van der Waals surface area contributed by atoms with Gasteiger partial charge in [-0.25, -0.2) is 4.90 Å². The van der Waals surface area contributed by atoms with E-state index >= 15 is 0 Å². The van der Waals surface area contributed by atoms with Gasteiger partial charge in [-0.1, -0.05) is 54.1 Å². The molecule has 3 aromatic rings. The number of phenols is 1. The molecule has 6 rings (SSSR count). The van der Waals surface area contributed by atoms with Crippen molar-refractivity contribution in [3.05, 3.63) is 106 Å². The van der Waals surface area contributed by atoms with E-state index in [4.69, 9.17) is 4.74 Å². The number of carbonyl (C=O) groups is 2. The van der Waals surface area contributed by atoms with Crippen LogP contribution in [0.25, 0.3) is 11.6 Å². The van der Waals surface area contributed by atoms with Crippen LogP contribution in [0.2, 0.25) is 0 Å². The van der Waals surface area contributed by atoms with Crippen LogP contribution in [0.15, 0.2) is 83.9 Å². The summed E-state index contributed by atoms with van der Waals surface area (Å²) < 4.78 is 87.6. The molecule has 3 aliphatic rings. The van der Waals surface area contributed by atoms with Gasteiger partial charge in [0, 0.05) is 5.92 Å². The SMILES string of the molecule is CC1=C2[C@@H](CC/C(=C/c3ccc(O)cc3)c3ccccc3)OC[C@@H]2[C@@H]2C(=O)N(c3cc(C(F)(F)F)cc(C(F)(F)F)c3)C(=O)[C@@H]2C1. The summed E-state index contributed by atoms with van der Waals surface area (Å²) in [5.41, 5.74) is 0.647. The fourth-order valence-corrected chi connectivity index (χ4v) is 6.96. The zero-order valence-electron chi connectivity index (χ0n) is 24.5. The molecule has 46 heavy (non-hydrogen) atoms. The van der Waals surface area contributed by atoms with Crippen LogP contribution >= 0.6 is 0 Å². The van der Waals surface area contributed by atoms with Crippen LogP contribution in [0.5, 0.6) is 5.75 Å². The molecule has 240 valence electrons. The standard InChI is InChI=1S/C35H29F6NO4/c1-19-13-27-31(33(45)42(32(27)44)25-16-23(34(36,37)38)15-24(17-25)35(39,40)41)28-18-46-29(30(19)28)12-9-22(21-5-3-2-4-6-21)14-20-7-10-26(43)11-8-20/h2-8,10-11,14-17,27-29,31,43H,9,12-13,18H2,1H3/b22-14-/t27-,28+,29-,31-/m1/s1. The lowest BCUT2D eigenvalue weighted by Crippen LogP contribution is -2.34. The Morgan fingerprint density at radius 1 is 0.891 bits per heavy atom. The van der Waals surface area contributed by atoms with Crippen molar-refractivity contribution in [2.75, 3.05) is 11.5 Å². The van der Waals surface area contributed by atoms with Gasteiger partial charge in [-0.3, -0.25) is 9.59 Å². The largest absolute Gasteiger partial charge is 0.508 e. The number of phenolic OH excluding ortho intramolecular Hbond substituents is 1. The molecule has 2 saturated heterocycles. The highest BCUT2D eigenvalue weighted by Gasteiger charge is 2.57. The summed E-state index contributed by atoms with van der Waals surface area (Å²) in [6.07, 6.45) is -7.35. The van der Waals surface area contributed by atoms with Gasteiger partial charge in [-0.15, -0.1) is 0 Å². The predicted octanol–water partition coefficient (Wildman–Crippen LogP) is 8.29. The number of imide groups is 1. The Balaban J connectivity index is 1.27. The molecule has 3 aromatic carbocycles. The highest BCUT2D eigenvalue weighted by Crippen LogP contribution is 2.51. The summed E-state index contributed by atoms with van der Waals surface area (Å²) in [6, 6.07) is 17.3. The van der Waals surface area contributed by atoms with Crippen molar-refractivity contribution in [2.24, 2.45) is 17.8 Å². The van der Waals surface area contributed by atoms with E-state index in [-0.39, 0.29) is 30.9 Å². The molecule has 0 aromatic heterocycles. The molecule has 11 heteroatoms. The first-order valence-electron chi connectivity index (χ1n) is 14.8. The number of alkyl halides is 6. The maximum absolute atomic E-state index is 13.7. The minimum Gasteiger partial charge on any atom is -0.508 e. The van der Waals surface area contributed by atoms with Crippen LogP contribution in [-0.2, 0) is 26.7 Å². The Hall–Kier alpha value is -4.38. The van der Waals surface area contributed by atoms with Gasteiger partial charge < -0.3 is 9.84 Å². The van der Waals surface area contributed by atoms with E-state index in [9.17, 15) is 41.0 Å². The third-order valence-corrected chi connectivity index (χ3v) is 9.04. The molecular weight excluding hydrogens is 612 g/mol. The summed E-state index contributed by atoms with van der Waals surface area (Å²) in [4.78, 5) is 27.8. The molecule has 2 aliphatic heterocycles. The van der Waals surface area contributed by atoms with Crippen molar-refractivity contribution in [3.63, 3.8) is 0 Å². The second-order valence-corrected chi connectivity index (χ2v) is 11.9. The van der Waals surface area contributed by atoms with Gasteiger partial charge in [0.25, 0.3) is 0 Å². The second kappa shape index (κ2) is 11.8. The monoisotopic (exact) mass is 641 g/mol. The Kier molecular flexibility index (Phi) is 8.08. The molecule has 0 bridgehead atoms. The lowest BCUT2D eigenvalue weighted by atomic mass is 9.70. The zero-order chi connectivity index (χ0) is 33.0. The van der Waals surface area contributed by atoms with Gasteiger partial charge in [0.05, 0.1) is 41.4 Å². The molecular formula is C35H29F6NO4. The van der Waals surface area contributed by atoms with E-state index in [0.717, 1.165) is 27.8 Å². The molecule has 1 N–H and O–H groups in total. The van der Waals surface area contributed by atoms with Gasteiger partial charge in [0.1, 0.15) is 5.75 Å². The summed E-state index contributed by atoms with van der Waals surface area (Å²) in [6.45, 7) is 1.93. The lowest BCUT2D eigenvalue weighted by molar-refractivity contribution is -0.143. The highest BCUT2D eigenvalue weighted by molar-refractivity contribution is 6.22. The van der Waals surface area contributed by atoms with Crippen molar-refractivity contribution in [1.29, 1.82) is 0 Å². The quantitative estimate of drug-likeness (QED) is 0.127. The van der Waals surface area contributed by atoms with E-state index in [0.29, 0.717) is 29.9 Å². The number of amides is 2. The zero-order valence-corrected chi connectivity index (χ0v) is 24.5. The Morgan fingerprint density at radius 2 is 1.52 bits per heavy atom. The van der Waals surface area contributed by atoms with Crippen molar-refractivity contribution in [1.82, 2.24) is 0 Å². The number of ether oxygens (including phenoxy) is 1. The molecule has 5 nitrogen and oxygen atoms in total. The number of halogens is 6. The third kappa shape index (κ3) is 5.95. The van der Waals surface area contributed by atoms with Gasteiger partial charge in [-0.05, 0) is 78.8 Å². The van der Waals surface area contributed by atoms with Gasteiger partial charge in [0.2, 0.25) is 11.8 Å². The van der Waals surface area contributed by atoms with Gasteiger partial charge in [-0.2, -0.15) is 26.3 Å². The number of aromatic hydroxyl groups is 1. The molecule has 4 atom stereocenters. The van der Waals surface area contributed by atoms with Crippen LogP contribution in [-0.4, -0.2) is 29.6 Å². The number of nitrogens with zero attached hydrogens (tertiary/aromatic N) is 1. The first-order chi connectivity index (χ1) is 21.7. The van der Waals surface area contributed by atoms with Crippen molar-refractivity contribution in [2.45, 2.75) is 44.6 Å². The van der Waals surface area contributed by atoms with Gasteiger partial charge in [0.15, 0.2) is 0 Å². The summed E-state index contributed by atoms with van der Waals surface area (Å²) in [7, 11) is 0. The third-order valence-electron chi connectivity index (χ3n) is 9.04. The smallest absolute Gasteiger partial charge is 0.416 e. The maximum atomic E-state index is 13.7. The topological polar surface area (TPSA) is 66.8 Å². The normalized spacial score (nSPS) is 23.6. The van der Waals surface area contributed by atoms with Gasteiger partial charge >= 0.3 is 12.4 Å². The average molecular weight is 642 g/mol. The number of rotatable bonds is 6. The number of allylic oxidation sites excluding steroid dienone is 2. The number of fused-ring (bicyclic) bond motifs is 3. The Bertz CT molecular complexity index is 1690. The van der Waals surface area contributed by atoms with Crippen LogP contribution in [0.4, 0.5) is 32.0 Å². The lowest BCUT2D eigenvalue weighted by Gasteiger charge is -2.30. The minimum atomic E-state index is -5.12. The summed E-state index contributed by atoms with van der Waals surface area (Å²) >= 11 is 0. The molecule has 0 radical (unpaired) electrons. The Morgan fingerprint density at radius 3 is 2.13 bits per heavy atom. The summed E-state index contributed by atoms with van der Waals surface area (Å²) in [5.74, 6) is -3.89. The van der Waals surface area contributed by atoms with Crippen LogP contribution in [0.1, 0.15) is 48.4 Å². The van der Waals surface area contributed by atoms with E-state index in [2.05, 4.69) is 0 Å². The van der Waals surface area contributed by atoms with E-state index in [1.165, 1.54) is 0 Å². The van der Waals surface area contributed by atoms with E-state index in [1.54, 1.807) is 24.3 Å². The van der Waals surface area contributed by atoms with Crippen molar-refractivity contribution in [3.8, 4) is 5.75 Å². The molecule has 0 unspecified atom stereocenters. The molecule has 1 aliphatic carbocycles. The van der Waals surface area contributed by atoms with E-state index in [1.807, 2.05) is 43.3 Å². The molecule has 2 heterocycles. The fourth-order valence-electron chi connectivity index (χ4n) is 6.96. The highest BCUT2D eigenvalue weighted by atomic mass is 19.4. The number of hydrogen-bond donors (Lipinski definition) is 1. The number of carbonyl (C=O) groups excluding carboxylic acids is 2. The summed E-state index contributed by atoms with van der Waals surface area (Å²) in [5, 5.41) is 9.68. The number of anilines is 1. The van der Waals surface area contributed by atoms with E-state index < -0.39 is 58.7 Å². The predicted molar refractivity (Wildman–Crippen MR) is 158 cm³/mol. The molecule has 0 spiro atoms. The van der Waals surface area contributed by atoms with Crippen LogP contribution in [0.3, 0.4) is 0 Å². The van der Waals surface area contributed by atoms with Crippen LogP contribution < -0.4 is 4.90 Å². The molecule has 2 amide bonds. The fraction of sp³-hybridized carbons (Fsp3) is 0.314. The molecule has 2 fully saturated rings. The van der Waals surface area contributed by atoms with Crippen molar-refractivity contribution < 1.29 is 45.8 Å².